The zero-order valence-corrected chi connectivity index (χ0v) is 20.3. The van der Waals surface area contributed by atoms with Crippen LogP contribution in [-0.4, -0.2) is 10.9 Å². The van der Waals surface area contributed by atoms with E-state index in [0.717, 1.165) is 17.4 Å². The van der Waals surface area contributed by atoms with E-state index in [-0.39, 0.29) is 21.9 Å². The second kappa shape index (κ2) is 8.89. The van der Waals surface area contributed by atoms with Gasteiger partial charge in [0.05, 0.1) is 17.4 Å². The van der Waals surface area contributed by atoms with Gasteiger partial charge in [-0.3, -0.25) is 4.79 Å². The Morgan fingerprint density at radius 2 is 1.71 bits per heavy atom. The van der Waals surface area contributed by atoms with Crippen LogP contribution in [0.5, 0.6) is 0 Å². The summed E-state index contributed by atoms with van der Waals surface area (Å²) in [5.74, 6) is -2.08. The highest BCUT2D eigenvalue weighted by Gasteiger charge is 2.43. The zero-order valence-electron chi connectivity index (χ0n) is 19.4. The van der Waals surface area contributed by atoms with Gasteiger partial charge in [-0.25, -0.2) is 8.78 Å². The molecule has 3 aromatic rings. The minimum absolute atomic E-state index is 0.0567. The molecule has 1 atom stereocenters. The molecule has 4 nitrogen and oxygen atoms in total. The molecule has 178 valence electrons. The molecular weight excluding hydrogens is 464 g/mol. The highest BCUT2D eigenvalue weighted by atomic mass is 32.1. The first-order chi connectivity index (χ1) is 16.7. The van der Waals surface area contributed by atoms with Gasteiger partial charge >= 0.3 is 0 Å². The number of Topliss-reactive ketones (excluding diaryl/α,β-unsaturated/α-hetero) is 1. The molecule has 0 fully saturated rings. The molecule has 0 spiro atoms. The average molecular weight is 490 g/mol. The number of ketones is 1. The molecule has 3 aromatic carbocycles. The van der Waals surface area contributed by atoms with E-state index in [1.807, 2.05) is 68.4 Å². The fourth-order valence-electron chi connectivity index (χ4n) is 4.94. The summed E-state index contributed by atoms with van der Waals surface area (Å²) in [5, 5.41) is 6.93. The molecule has 7 heteroatoms. The molecule has 0 saturated carbocycles. The third-order valence-corrected chi connectivity index (χ3v) is 6.72. The van der Waals surface area contributed by atoms with E-state index in [1.54, 1.807) is 4.90 Å². The molecule has 5 rings (SSSR count). The number of fused-ring (bicyclic) bond motifs is 1. The minimum atomic E-state index is -0.992. The van der Waals surface area contributed by atoms with Crippen LogP contribution in [0.2, 0.25) is 0 Å². The number of nitrogens with one attached hydrogen (secondary N) is 2. The number of halogens is 2. The van der Waals surface area contributed by atoms with Crippen LogP contribution in [0.1, 0.15) is 38.3 Å². The van der Waals surface area contributed by atoms with Crippen molar-refractivity contribution in [3.63, 3.8) is 0 Å². The summed E-state index contributed by atoms with van der Waals surface area (Å²) in [6.07, 6.45) is 0.882. The summed E-state index contributed by atoms with van der Waals surface area (Å²) >= 11 is 5.86. The lowest BCUT2D eigenvalue weighted by Gasteiger charge is -2.38. The van der Waals surface area contributed by atoms with Crippen LogP contribution >= 0.6 is 12.2 Å². The predicted molar refractivity (Wildman–Crippen MR) is 139 cm³/mol. The number of nitrogens with zero attached hydrogens (tertiary/aromatic N) is 1. The highest BCUT2D eigenvalue weighted by Crippen LogP contribution is 2.49. The van der Waals surface area contributed by atoms with Crippen LogP contribution in [-0.2, 0) is 4.79 Å². The number of rotatable bonds is 2. The van der Waals surface area contributed by atoms with Crippen LogP contribution in [0.15, 0.2) is 84.1 Å². The summed E-state index contributed by atoms with van der Waals surface area (Å²) in [6, 6.07) is 20.0. The lowest BCUT2D eigenvalue weighted by Crippen LogP contribution is -2.42. The van der Waals surface area contributed by atoms with Gasteiger partial charge in [-0.05, 0) is 54.4 Å². The number of allylic oxidation sites excluding steroid dienone is 1. The average Bonchev–Trinajstić information content (AvgIpc) is 2.95. The molecule has 2 aliphatic rings. The van der Waals surface area contributed by atoms with E-state index in [4.69, 9.17) is 12.2 Å². The van der Waals surface area contributed by atoms with E-state index in [9.17, 15) is 9.18 Å². The first kappa shape index (κ1) is 23.2. The predicted octanol–water partition coefficient (Wildman–Crippen LogP) is 6.98. The molecule has 2 N–H and O–H groups in total. The maximum absolute atomic E-state index is 15.4. The van der Waals surface area contributed by atoms with Crippen molar-refractivity contribution in [2.45, 2.75) is 32.7 Å². The first-order valence-corrected chi connectivity index (χ1v) is 11.9. The van der Waals surface area contributed by atoms with Crippen molar-refractivity contribution < 1.29 is 13.6 Å². The van der Waals surface area contributed by atoms with Crippen molar-refractivity contribution >= 4 is 40.2 Å². The van der Waals surface area contributed by atoms with E-state index in [0.29, 0.717) is 29.8 Å². The topological polar surface area (TPSA) is 44.4 Å². The standard InChI is InChI=1S/C28H25F2N3OS/c1-28(2)15-21-24(23(34)16-28)26(18-11-8-12-19(29)25(18)30)33(22-14-7-6-13-20(22)32-21)27(35)31-17-9-4-3-5-10-17/h3-14,26,32H,15-16H2,1-2H3,(H,31,35)/t26-/m0/s1. The van der Waals surface area contributed by atoms with Crippen LogP contribution in [0, 0.1) is 17.0 Å². The second-order valence-corrected chi connectivity index (χ2v) is 10.1. The number of thiocarbonyl (C=S) groups is 1. The second-order valence-electron chi connectivity index (χ2n) is 9.69. The summed E-state index contributed by atoms with van der Waals surface area (Å²) in [6.45, 7) is 4.06. The molecule has 0 unspecified atom stereocenters. The third-order valence-electron chi connectivity index (χ3n) is 6.42. The van der Waals surface area contributed by atoms with Crippen LogP contribution in [0.3, 0.4) is 0 Å². The highest BCUT2D eigenvalue weighted by molar-refractivity contribution is 7.80. The van der Waals surface area contributed by atoms with Gasteiger partial charge < -0.3 is 15.5 Å². The fourth-order valence-corrected chi connectivity index (χ4v) is 5.26. The Bertz CT molecular complexity index is 1350. The van der Waals surface area contributed by atoms with Gasteiger partial charge in [0.1, 0.15) is 0 Å². The van der Waals surface area contributed by atoms with Crippen LogP contribution in [0.25, 0.3) is 0 Å². The van der Waals surface area contributed by atoms with Gasteiger partial charge in [0.2, 0.25) is 0 Å². The van der Waals surface area contributed by atoms with Crippen molar-refractivity contribution in [3.8, 4) is 0 Å². The Morgan fingerprint density at radius 3 is 2.49 bits per heavy atom. The molecule has 35 heavy (non-hydrogen) atoms. The van der Waals surface area contributed by atoms with Gasteiger partial charge in [0.15, 0.2) is 22.5 Å². The van der Waals surface area contributed by atoms with E-state index >= 15 is 4.39 Å². The molecule has 0 aromatic heterocycles. The number of benzene rings is 3. The molecule has 0 amide bonds. The molecular formula is C28H25F2N3OS. The Kier molecular flexibility index (Phi) is 5.89. The molecule has 0 saturated heterocycles. The molecule has 0 radical (unpaired) electrons. The minimum Gasteiger partial charge on any atom is -0.357 e. The van der Waals surface area contributed by atoms with Crippen molar-refractivity contribution in [1.82, 2.24) is 0 Å². The Morgan fingerprint density at radius 1 is 1.00 bits per heavy atom. The normalized spacial score (nSPS) is 18.8. The van der Waals surface area contributed by atoms with Crippen LogP contribution < -0.4 is 15.5 Å². The monoisotopic (exact) mass is 489 g/mol. The van der Waals surface area contributed by atoms with Crippen molar-refractivity contribution in [2.24, 2.45) is 5.41 Å². The summed E-state index contributed by atoms with van der Waals surface area (Å²) < 4.78 is 29.9. The number of hydrogen-bond acceptors (Lipinski definition) is 3. The van der Waals surface area contributed by atoms with E-state index in [2.05, 4.69) is 10.6 Å². The van der Waals surface area contributed by atoms with Crippen molar-refractivity contribution in [1.29, 1.82) is 0 Å². The number of carbonyl (C=O) groups excluding carboxylic acids is 1. The van der Waals surface area contributed by atoms with Crippen LogP contribution in [0.4, 0.5) is 25.8 Å². The molecule has 1 aliphatic heterocycles. The molecule has 0 bridgehead atoms. The Balaban J connectivity index is 1.76. The summed E-state index contributed by atoms with van der Waals surface area (Å²) in [5.41, 5.74) is 3.04. The summed E-state index contributed by atoms with van der Waals surface area (Å²) in [4.78, 5) is 15.4. The first-order valence-electron chi connectivity index (χ1n) is 11.5. The SMILES string of the molecule is CC1(C)CC(=O)C2=C(C1)Nc1ccccc1N(C(=S)Nc1ccccc1)[C@H]2c1cccc(F)c1F. The van der Waals surface area contributed by atoms with E-state index in [1.165, 1.54) is 12.1 Å². The van der Waals surface area contributed by atoms with Crippen molar-refractivity contribution in [3.05, 3.63) is 101 Å². The summed E-state index contributed by atoms with van der Waals surface area (Å²) in [7, 11) is 0. The number of hydrogen-bond donors (Lipinski definition) is 2. The van der Waals surface area contributed by atoms with E-state index < -0.39 is 17.7 Å². The largest absolute Gasteiger partial charge is 0.357 e. The Hall–Kier alpha value is -3.58. The maximum atomic E-state index is 15.4. The number of carbonyl (C=O) groups is 1. The van der Waals surface area contributed by atoms with Gasteiger partial charge in [-0.2, -0.15) is 0 Å². The number of para-hydroxylation sites is 3. The van der Waals surface area contributed by atoms with Gasteiger partial charge in [0.25, 0.3) is 0 Å². The van der Waals surface area contributed by atoms with Gasteiger partial charge in [0, 0.05) is 28.9 Å². The number of anilines is 3. The molecule has 1 aliphatic carbocycles. The smallest absolute Gasteiger partial charge is 0.178 e. The maximum Gasteiger partial charge on any atom is 0.178 e. The molecule has 1 heterocycles. The zero-order chi connectivity index (χ0) is 24.7. The lowest BCUT2D eigenvalue weighted by atomic mass is 9.73. The van der Waals surface area contributed by atoms with Crippen molar-refractivity contribution in [2.75, 3.05) is 15.5 Å². The van der Waals surface area contributed by atoms with Gasteiger partial charge in [-0.1, -0.05) is 56.3 Å². The third kappa shape index (κ3) is 4.32. The lowest BCUT2D eigenvalue weighted by molar-refractivity contribution is -0.118. The Labute approximate surface area is 208 Å². The van der Waals surface area contributed by atoms with Gasteiger partial charge in [-0.15, -0.1) is 0 Å². The quantitative estimate of drug-likeness (QED) is 0.380. The fraction of sp³-hybridized carbons (Fsp3) is 0.214.